The summed E-state index contributed by atoms with van der Waals surface area (Å²) in [6.07, 6.45) is 3.15. The van der Waals surface area contributed by atoms with Gasteiger partial charge in [-0.05, 0) is 61.4 Å². The largest absolute Gasteiger partial charge is 0.507 e. The van der Waals surface area contributed by atoms with Gasteiger partial charge in [-0.2, -0.15) is 0 Å². The predicted molar refractivity (Wildman–Crippen MR) is 149 cm³/mol. The molecule has 4 aromatic rings. The third kappa shape index (κ3) is 5.17. The second-order valence-electron chi connectivity index (χ2n) is 9.84. The molecule has 2 heterocycles. The van der Waals surface area contributed by atoms with Gasteiger partial charge in [-0.15, -0.1) is 0 Å². The first kappa shape index (κ1) is 26.2. The minimum Gasteiger partial charge on any atom is -0.507 e. The van der Waals surface area contributed by atoms with E-state index in [0.717, 1.165) is 41.4 Å². The number of H-pyrrole nitrogens is 1. The number of carbonyl (C=O) groups is 2. The van der Waals surface area contributed by atoms with Gasteiger partial charge in [-0.25, -0.2) is 4.39 Å². The Bertz CT molecular complexity index is 1540. The second kappa shape index (κ2) is 11.2. The normalized spacial score (nSPS) is 16.8. The summed E-state index contributed by atoms with van der Waals surface area (Å²) < 4.78 is 19.3. The number of likely N-dealkylation sites (tertiary alicyclic amines) is 1. The van der Waals surface area contributed by atoms with E-state index in [4.69, 9.17) is 4.74 Å². The molecule has 3 aromatic carbocycles. The van der Waals surface area contributed by atoms with Crippen LogP contribution in [0.1, 0.15) is 54.6 Å². The SMILES string of the molecule is CCCCCOc1ccc(/C(O)=C2\C(=O)C(=O)N(Cc3ccc(F)cc3)C2c2c(C)[nH]c3ccccc23)cc1. The van der Waals surface area contributed by atoms with Crippen LogP contribution in [0.2, 0.25) is 0 Å². The number of carbonyl (C=O) groups excluding carboxylic acids is 2. The number of aryl methyl sites for hydroxylation is 1. The summed E-state index contributed by atoms with van der Waals surface area (Å²) in [7, 11) is 0. The molecule has 0 radical (unpaired) electrons. The summed E-state index contributed by atoms with van der Waals surface area (Å²) in [5.41, 5.74) is 3.50. The molecule has 1 aromatic heterocycles. The number of ether oxygens (including phenoxy) is 1. The van der Waals surface area contributed by atoms with Crippen LogP contribution in [0.4, 0.5) is 4.39 Å². The molecule has 39 heavy (non-hydrogen) atoms. The van der Waals surface area contributed by atoms with Crippen LogP contribution in [0.5, 0.6) is 5.75 Å². The van der Waals surface area contributed by atoms with E-state index in [9.17, 15) is 19.1 Å². The molecular weight excluding hydrogens is 495 g/mol. The Labute approximate surface area is 226 Å². The van der Waals surface area contributed by atoms with E-state index in [1.165, 1.54) is 17.0 Å². The lowest BCUT2D eigenvalue weighted by Crippen LogP contribution is -2.29. The number of halogens is 1. The Balaban J connectivity index is 1.58. The molecule has 7 heteroatoms. The number of aromatic nitrogens is 1. The third-order valence-electron chi connectivity index (χ3n) is 7.17. The average molecular weight is 527 g/mol. The summed E-state index contributed by atoms with van der Waals surface area (Å²) in [5.74, 6) is -1.44. The fourth-order valence-corrected chi connectivity index (χ4v) is 5.19. The van der Waals surface area contributed by atoms with Crippen LogP contribution < -0.4 is 4.74 Å². The second-order valence-corrected chi connectivity index (χ2v) is 9.84. The molecule has 6 nitrogen and oxygen atoms in total. The van der Waals surface area contributed by atoms with E-state index in [1.54, 1.807) is 36.4 Å². The minimum atomic E-state index is -0.837. The Kier molecular flexibility index (Phi) is 7.50. The van der Waals surface area contributed by atoms with Crippen molar-refractivity contribution in [2.75, 3.05) is 6.61 Å². The van der Waals surface area contributed by atoms with Gasteiger partial charge in [-0.1, -0.05) is 50.1 Å². The number of rotatable bonds is 9. The number of aromatic amines is 1. The number of amides is 1. The number of unbranched alkanes of at least 4 members (excludes halogenated alkanes) is 2. The summed E-state index contributed by atoms with van der Waals surface area (Å²) >= 11 is 0. The van der Waals surface area contributed by atoms with Crippen molar-refractivity contribution in [2.24, 2.45) is 0 Å². The van der Waals surface area contributed by atoms with Crippen LogP contribution >= 0.6 is 0 Å². The van der Waals surface area contributed by atoms with Crippen molar-refractivity contribution < 1.29 is 23.8 Å². The lowest BCUT2D eigenvalue weighted by atomic mass is 9.93. The number of benzene rings is 3. The first-order valence-electron chi connectivity index (χ1n) is 13.2. The standard InChI is InChI=1S/C32H31FN2O4/c1-3-4-7-18-39-24-16-12-22(13-17-24)30(36)28-29(27-20(2)34-26-9-6-5-8-25(26)27)35(32(38)31(28)37)19-21-10-14-23(33)15-11-21/h5-6,8-17,29,34,36H,3-4,7,18-19H2,1-2H3/b30-28+. The molecule has 1 aliphatic rings. The van der Waals surface area contributed by atoms with Gasteiger partial charge in [0.15, 0.2) is 0 Å². The molecule has 1 aliphatic heterocycles. The molecule has 2 N–H and O–H groups in total. The number of fused-ring (bicyclic) bond motifs is 1. The molecule has 200 valence electrons. The van der Waals surface area contributed by atoms with E-state index >= 15 is 0 Å². The summed E-state index contributed by atoms with van der Waals surface area (Å²) in [5, 5.41) is 12.3. The summed E-state index contributed by atoms with van der Waals surface area (Å²) in [6.45, 7) is 4.70. The molecule has 0 saturated carbocycles. The van der Waals surface area contributed by atoms with Crippen molar-refractivity contribution in [3.63, 3.8) is 0 Å². The maximum atomic E-state index is 13.6. The maximum absolute atomic E-state index is 13.6. The Morgan fingerprint density at radius 3 is 2.44 bits per heavy atom. The van der Waals surface area contributed by atoms with E-state index in [2.05, 4.69) is 11.9 Å². The van der Waals surface area contributed by atoms with E-state index < -0.39 is 17.7 Å². The van der Waals surface area contributed by atoms with Crippen molar-refractivity contribution in [2.45, 2.75) is 45.7 Å². The summed E-state index contributed by atoms with van der Waals surface area (Å²) in [6, 6.07) is 19.5. The van der Waals surface area contributed by atoms with E-state index in [1.807, 2.05) is 31.2 Å². The molecule has 1 saturated heterocycles. The Morgan fingerprint density at radius 2 is 1.72 bits per heavy atom. The quantitative estimate of drug-likeness (QED) is 0.109. The fourth-order valence-electron chi connectivity index (χ4n) is 5.19. The number of Topliss-reactive ketones (excluding diaryl/α,β-unsaturated/α-hetero) is 1. The monoisotopic (exact) mass is 526 g/mol. The number of aliphatic hydroxyl groups is 1. The topological polar surface area (TPSA) is 82.6 Å². The van der Waals surface area contributed by atoms with Crippen LogP contribution in [-0.4, -0.2) is 33.3 Å². The molecule has 5 rings (SSSR count). The number of ketones is 1. The minimum absolute atomic E-state index is 0.0200. The highest BCUT2D eigenvalue weighted by atomic mass is 19.1. The number of aliphatic hydroxyl groups excluding tert-OH is 1. The van der Waals surface area contributed by atoms with Crippen molar-refractivity contribution in [1.29, 1.82) is 0 Å². The fraction of sp³-hybridized carbons (Fsp3) is 0.250. The number of hydrogen-bond acceptors (Lipinski definition) is 4. The van der Waals surface area contributed by atoms with Crippen LogP contribution in [0.15, 0.2) is 78.4 Å². The lowest BCUT2D eigenvalue weighted by molar-refractivity contribution is -0.140. The highest BCUT2D eigenvalue weighted by molar-refractivity contribution is 6.46. The van der Waals surface area contributed by atoms with Crippen LogP contribution in [0.3, 0.4) is 0 Å². The summed E-state index contributed by atoms with van der Waals surface area (Å²) in [4.78, 5) is 31.7. The third-order valence-corrected chi connectivity index (χ3v) is 7.17. The Morgan fingerprint density at radius 1 is 1.00 bits per heavy atom. The first-order chi connectivity index (χ1) is 18.9. The van der Waals surface area contributed by atoms with Crippen molar-refractivity contribution in [1.82, 2.24) is 9.88 Å². The van der Waals surface area contributed by atoms with E-state index in [-0.39, 0.29) is 23.7 Å². The predicted octanol–water partition coefficient (Wildman–Crippen LogP) is 6.81. The number of hydrogen-bond donors (Lipinski definition) is 2. The average Bonchev–Trinajstić information content (AvgIpc) is 3.40. The van der Waals surface area contributed by atoms with Crippen molar-refractivity contribution in [3.05, 3.63) is 107 Å². The van der Waals surface area contributed by atoms with Crippen LogP contribution in [0, 0.1) is 12.7 Å². The molecular formula is C32H31FN2O4. The molecule has 0 aliphatic carbocycles. The number of nitrogens with zero attached hydrogens (tertiary/aromatic N) is 1. The van der Waals surface area contributed by atoms with Gasteiger partial charge in [0.1, 0.15) is 17.3 Å². The van der Waals surface area contributed by atoms with Gasteiger partial charge in [0.25, 0.3) is 11.7 Å². The molecule has 0 bridgehead atoms. The van der Waals surface area contributed by atoms with Crippen LogP contribution in [0.25, 0.3) is 16.7 Å². The lowest BCUT2D eigenvalue weighted by Gasteiger charge is -2.26. The molecule has 1 unspecified atom stereocenters. The van der Waals surface area contributed by atoms with Crippen LogP contribution in [-0.2, 0) is 16.1 Å². The van der Waals surface area contributed by atoms with Gasteiger partial charge in [0.2, 0.25) is 0 Å². The van der Waals surface area contributed by atoms with Crippen molar-refractivity contribution in [3.8, 4) is 5.75 Å². The molecule has 1 amide bonds. The van der Waals surface area contributed by atoms with Gasteiger partial charge in [0.05, 0.1) is 18.2 Å². The number of nitrogens with one attached hydrogen (secondary N) is 1. The zero-order valence-corrected chi connectivity index (χ0v) is 22.0. The first-order valence-corrected chi connectivity index (χ1v) is 13.2. The zero-order chi connectivity index (χ0) is 27.5. The van der Waals surface area contributed by atoms with E-state index in [0.29, 0.717) is 23.5 Å². The van der Waals surface area contributed by atoms with Gasteiger partial charge in [0, 0.05) is 34.3 Å². The molecule has 1 fully saturated rings. The van der Waals surface area contributed by atoms with Crippen molar-refractivity contribution >= 4 is 28.4 Å². The highest BCUT2D eigenvalue weighted by Gasteiger charge is 2.47. The maximum Gasteiger partial charge on any atom is 0.295 e. The Hall–Kier alpha value is -4.39. The smallest absolute Gasteiger partial charge is 0.295 e. The zero-order valence-electron chi connectivity index (χ0n) is 22.0. The molecule has 0 spiro atoms. The number of para-hydroxylation sites is 1. The molecule has 1 atom stereocenters. The highest BCUT2D eigenvalue weighted by Crippen LogP contribution is 2.44. The van der Waals surface area contributed by atoms with Gasteiger partial charge >= 0.3 is 0 Å². The van der Waals surface area contributed by atoms with Gasteiger partial charge < -0.3 is 19.7 Å². The van der Waals surface area contributed by atoms with Gasteiger partial charge in [-0.3, -0.25) is 9.59 Å².